The summed E-state index contributed by atoms with van der Waals surface area (Å²) >= 11 is 0. The number of esters is 2. The molecule has 0 unspecified atom stereocenters. The molecule has 0 radical (unpaired) electrons. The molecule has 2 rings (SSSR count). The van der Waals surface area contributed by atoms with Crippen LogP contribution < -0.4 is 0 Å². The van der Waals surface area contributed by atoms with Crippen LogP contribution >= 0.6 is 0 Å². The van der Waals surface area contributed by atoms with Gasteiger partial charge in [-0.25, -0.2) is 13.2 Å². The topological polar surface area (TPSA) is 90.0 Å². The van der Waals surface area contributed by atoms with Crippen molar-refractivity contribution in [1.29, 1.82) is 0 Å². The van der Waals surface area contributed by atoms with Crippen LogP contribution in [-0.4, -0.2) is 45.4 Å². The standard InChI is InChI=1S/C19H21NO6S/c1-14-6-4-5-7-16(14)12-20(13-18(21)25-2)27(23,24)17-10-8-15(9-11-17)19(22)26-3/h4-11H,12-13H2,1-3H3. The Hall–Kier alpha value is -2.71. The Balaban J connectivity index is 2.39. The molecule has 0 atom stereocenters. The van der Waals surface area contributed by atoms with Crippen molar-refractivity contribution >= 4 is 22.0 Å². The normalized spacial score (nSPS) is 11.3. The van der Waals surface area contributed by atoms with E-state index in [1.165, 1.54) is 38.5 Å². The third-order valence-corrected chi connectivity index (χ3v) is 5.86. The average Bonchev–Trinajstić information content (AvgIpc) is 2.68. The van der Waals surface area contributed by atoms with E-state index < -0.39 is 28.5 Å². The lowest BCUT2D eigenvalue weighted by Crippen LogP contribution is -2.36. The molecular weight excluding hydrogens is 370 g/mol. The number of ether oxygens (including phenoxy) is 2. The molecule has 8 heteroatoms. The summed E-state index contributed by atoms with van der Waals surface area (Å²) in [5, 5.41) is 0. The van der Waals surface area contributed by atoms with Crippen LogP contribution in [0, 0.1) is 6.92 Å². The van der Waals surface area contributed by atoms with Crippen molar-refractivity contribution in [3.63, 3.8) is 0 Å². The number of hydrogen-bond donors (Lipinski definition) is 0. The minimum atomic E-state index is -3.99. The molecule has 144 valence electrons. The lowest BCUT2D eigenvalue weighted by molar-refractivity contribution is -0.140. The SMILES string of the molecule is COC(=O)CN(Cc1ccccc1C)S(=O)(=O)c1ccc(C(=O)OC)cc1. The third-order valence-electron chi connectivity index (χ3n) is 4.05. The zero-order valence-corrected chi connectivity index (χ0v) is 16.2. The van der Waals surface area contributed by atoms with E-state index in [4.69, 9.17) is 0 Å². The van der Waals surface area contributed by atoms with Gasteiger partial charge in [-0.3, -0.25) is 4.79 Å². The molecule has 0 N–H and O–H groups in total. The smallest absolute Gasteiger partial charge is 0.337 e. The van der Waals surface area contributed by atoms with E-state index in [1.807, 2.05) is 19.1 Å². The number of carbonyl (C=O) groups excluding carboxylic acids is 2. The maximum Gasteiger partial charge on any atom is 0.337 e. The number of benzene rings is 2. The molecule has 0 saturated heterocycles. The van der Waals surface area contributed by atoms with Gasteiger partial charge in [0.15, 0.2) is 0 Å². The van der Waals surface area contributed by atoms with Crippen molar-refractivity contribution in [3.8, 4) is 0 Å². The van der Waals surface area contributed by atoms with Crippen molar-refractivity contribution in [3.05, 3.63) is 65.2 Å². The van der Waals surface area contributed by atoms with Gasteiger partial charge in [0.25, 0.3) is 0 Å². The molecule has 0 aliphatic carbocycles. The highest BCUT2D eigenvalue weighted by atomic mass is 32.2. The van der Waals surface area contributed by atoms with E-state index in [2.05, 4.69) is 9.47 Å². The van der Waals surface area contributed by atoms with Gasteiger partial charge in [-0.05, 0) is 42.3 Å². The average molecular weight is 391 g/mol. The summed E-state index contributed by atoms with van der Waals surface area (Å²) in [6.45, 7) is 1.46. The maximum atomic E-state index is 13.1. The van der Waals surface area contributed by atoms with Gasteiger partial charge < -0.3 is 9.47 Å². The van der Waals surface area contributed by atoms with E-state index in [0.717, 1.165) is 15.4 Å². The second kappa shape index (κ2) is 8.79. The van der Waals surface area contributed by atoms with Gasteiger partial charge in [-0.1, -0.05) is 24.3 Å². The molecule has 0 aliphatic heterocycles. The zero-order chi connectivity index (χ0) is 20.0. The van der Waals surface area contributed by atoms with Crippen LogP contribution in [-0.2, 0) is 30.8 Å². The monoisotopic (exact) mass is 391 g/mol. The highest BCUT2D eigenvalue weighted by molar-refractivity contribution is 7.89. The number of aryl methyl sites for hydroxylation is 1. The van der Waals surface area contributed by atoms with Crippen molar-refractivity contribution in [2.24, 2.45) is 0 Å². The Labute approximate surface area is 158 Å². The van der Waals surface area contributed by atoms with Crippen LogP contribution in [0.5, 0.6) is 0 Å². The zero-order valence-electron chi connectivity index (χ0n) is 15.3. The molecule has 0 aliphatic rings. The largest absolute Gasteiger partial charge is 0.468 e. The second-order valence-corrected chi connectivity index (χ2v) is 7.73. The van der Waals surface area contributed by atoms with Crippen LogP contribution in [0.1, 0.15) is 21.5 Å². The number of sulfonamides is 1. The molecule has 2 aromatic rings. The molecular formula is C19H21NO6S. The van der Waals surface area contributed by atoms with Gasteiger partial charge in [0, 0.05) is 6.54 Å². The van der Waals surface area contributed by atoms with Crippen molar-refractivity contribution in [2.75, 3.05) is 20.8 Å². The van der Waals surface area contributed by atoms with Gasteiger partial charge in [-0.2, -0.15) is 4.31 Å². The molecule has 0 aromatic heterocycles. The highest BCUT2D eigenvalue weighted by Crippen LogP contribution is 2.21. The Morgan fingerprint density at radius 1 is 0.963 bits per heavy atom. The third kappa shape index (κ3) is 4.93. The van der Waals surface area contributed by atoms with Crippen LogP contribution in [0.15, 0.2) is 53.4 Å². The molecule has 0 fully saturated rings. The van der Waals surface area contributed by atoms with E-state index in [9.17, 15) is 18.0 Å². The fourth-order valence-electron chi connectivity index (χ4n) is 2.44. The summed E-state index contributed by atoms with van der Waals surface area (Å²) < 4.78 is 36.4. The summed E-state index contributed by atoms with van der Waals surface area (Å²) in [6, 6.07) is 12.7. The summed E-state index contributed by atoms with van der Waals surface area (Å²) in [4.78, 5) is 23.3. The minimum absolute atomic E-state index is 0.0167. The Kier molecular flexibility index (Phi) is 6.70. The Bertz CT molecular complexity index is 921. The Morgan fingerprint density at radius 2 is 1.59 bits per heavy atom. The van der Waals surface area contributed by atoms with Crippen molar-refractivity contribution < 1.29 is 27.5 Å². The summed E-state index contributed by atoms with van der Waals surface area (Å²) in [5.41, 5.74) is 1.91. The second-order valence-electron chi connectivity index (χ2n) is 5.79. The van der Waals surface area contributed by atoms with E-state index in [1.54, 1.807) is 12.1 Å². The van der Waals surface area contributed by atoms with Gasteiger partial charge in [-0.15, -0.1) is 0 Å². The Morgan fingerprint density at radius 3 is 2.15 bits per heavy atom. The first-order chi connectivity index (χ1) is 12.8. The summed E-state index contributed by atoms with van der Waals surface area (Å²) in [7, 11) is -1.55. The lowest BCUT2D eigenvalue weighted by Gasteiger charge is -2.22. The van der Waals surface area contributed by atoms with Gasteiger partial charge in [0.1, 0.15) is 6.54 Å². The molecule has 0 amide bonds. The van der Waals surface area contributed by atoms with Crippen LogP contribution in [0.4, 0.5) is 0 Å². The first kappa shape index (κ1) is 20.6. The molecule has 7 nitrogen and oxygen atoms in total. The van der Waals surface area contributed by atoms with Crippen LogP contribution in [0.25, 0.3) is 0 Å². The number of rotatable bonds is 7. The highest BCUT2D eigenvalue weighted by Gasteiger charge is 2.28. The minimum Gasteiger partial charge on any atom is -0.468 e. The van der Waals surface area contributed by atoms with E-state index in [0.29, 0.717) is 0 Å². The number of methoxy groups -OCH3 is 2. The first-order valence-electron chi connectivity index (χ1n) is 8.09. The molecule has 0 spiro atoms. The molecule has 0 saturated carbocycles. The van der Waals surface area contributed by atoms with Crippen molar-refractivity contribution in [1.82, 2.24) is 4.31 Å². The van der Waals surface area contributed by atoms with Gasteiger partial charge in [0.05, 0.1) is 24.7 Å². The van der Waals surface area contributed by atoms with Crippen molar-refractivity contribution in [2.45, 2.75) is 18.4 Å². The first-order valence-corrected chi connectivity index (χ1v) is 9.53. The fraction of sp³-hybridized carbons (Fsp3) is 0.263. The van der Waals surface area contributed by atoms with Gasteiger partial charge in [0.2, 0.25) is 10.0 Å². The molecule has 0 heterocycles. The van der Waals surface area contributed by atoms with Crippen LogP contribution in [0.2, 0.25) is 0 Å². The van der Waals surface area contributed by atoms with E-state index >= 15 is 0 Å². The number of carbonyl (C=O) groups is 2. The predicted octanol–water partition coefficient (Wildman–Crippen LogP) is 2.15. The van der Waals surface area contributed by atoms with Gasteiger partial charge >= 0.3 is 11.9 Å². The number of nitrogens with zero attached hydrogens (tertiary/aromatic N) is 1. The summed E-state index contributed by atoms with van der Waals surface area (Å²) in [5.74, 6) is -1.23. The summed E-state index contributed by atoms with van der Waals surface area (Å²) in [6.07, 6.45) is 0. The quantitative estimate of drug-likeness (QED) is 0.672. The molecule has 27 heavy (non-hydrogen) atoms. The number of hydrogen-bond acceptors (Lipinski definition) is 6. The molecule has 2 aromatic carbocycles. The maximum absolute atomic E-state index is 13.1. The van der Waals surface area contributed by atoms with Crippen LogP contribution in [0.3, 0.4) is 0 Å². The fourth-order valence-corrected chi connectivity index (χ4v) is 3.80. The van der Waals surface area contributed by atoms with E-state index in [-0.39, 0.29) is 17.0 Å². The lowest BCUT2D eigenvalue weighted by atomic mass is 10.1. The predicted molar refractivity (Wildman–Crippen MR) is 98.6 cm³/mol. The molecule has 0 bridgehead atoms.